The fourth-order valence-corrected chi connectivity index (χ4v) is 2.69. The van der Waals surface area contributed by atoms with E-state index in [1.54, 1.807) is 35.9 Å². The van der Waals surface area contributed by atoms with Crippen molar-refractivity contribution in [2.45, 2.75) is 13.5 Å². The highest BCUT2D eigenvalue weighted by atomic mass is 32.1. The number of ether oxygens (including phenoxy) is 1. The minimum atomic E-state index is -0.491. The number of rotatable bonds is 5. The molecule has 0 saturated carbocycles. The van der Waals surface area contributed by atoms with Gasteiger partial charge < -0.3 is 10.1 Å². The fourth-order valence-electron chi connectivity index (χ4n) is 2.49. The van der Waals surface area contributed by atoms with Crippen molar-refractivity contribution in [3.63, 3.8) is 0 Å². The lowest BCUT2D eigenvalue weighted by Gasteiger charge is -2.10. The van der Waals surface area contributed by atoms with Crippen LogP contribution in [0.2, 0.25) is 0 Å². The highest BCUT2D eigenvalue weighted by Gasteiger charge is 2.14. The smallest absolute Gasteiger partial charge is 0.244 e. The number of carbonyl (C=O) groups excluding carboxylic acids is 1. The SMILES string of the molecule is COc1ccc(-c2n[nH]c(=S)n2CC(=O)Nc2cc(C)ccc2F)cc1. The number of halogens is 1. The second-order valence-electron chi connectivity index (χ2n) is 5.70. The molecule has 0 saturated heterocycles. The Balaban J connectivity index is 1.83. The van der Waals surface area contributed by atoms with Crippen LogP contribution in [-0.2, 0) is 11.3 Å². The number of hydrogen-bond donors (Lipinski definition) is 2. The van der Waals surface area contributed by atoms with Crippen LogP contribution in [0.1, 0.15) is 5.56 Å². The van der Waals surface area contributed by atoms with E-state index in [2.05, 4.69) is 15.5 Å². The largest absolute Gasteiger partial charge is 0.497 e. The van der Waals surface area contributed by atoms with E-state index in [9.17, 15) is 9.18 Å². The Hall–Kier alpha value is -3.00. The normalized spacial score (nSPS) is 10.6. The summed E-state index contributed by atoms with van der Waals surface area (Å²) in [7, 11) is 1.58. The maximum absolute atomic E-state index is 13.8. The van der Waals surface area contributed by atoms with Gasteiger partial charge in [0.25, 0.3) is 0 Å². The summed E-state index contributed by atoms with van der Waals surface area (Å²) < 4.78 is 20.8. The molecule has 6 nitrogen and oxygen atoms in total. The van der Waals surface area contributed by atoms with Crippen molar-refractivity contribution >= 4 is 23.8 Å². The summed E-state index contributed by atoms with van der Waals surface area (Å²) in [6.45, 7) is 1.73. The maximum Gasteiger partial charge on any atom is 0.244 e. The lowest BCUT2D eigenvalue weighted by molar-refractivity contribution is -0.116. The molecule has 0 unspecified atom stereocenters. The van der Waals surface area contributed by atoms with Crippen molar-refractivity contribution in [2.75, 3.05) is 12.4 Å². The Morgan fingerprint density at radius 3 is 2.73 bits per heavy atom. The number of aryl methyl sites for hydroxylation is 1. The van der Waals surface area contributed by atoms with E-state index in [0.29, 0.717) is 16.3 Å². The lowest BCUT2D eigenvalue weighted by atomic mass is 10.2. The molecular weight excluding hydrogens is 355 g/mol. The first-order valence-electron chi connectivity index (χ1n) is 7.83. The summed E-state index contributed by atoms with van der Waals surface area (Å²) >= 11 is 5.22. The molecule has 0 bridgehead atoms. The lowest BCUT2D eigenvalue weighted by Crippen LogP contribution is -2.20. The Morgan fingerprint density at radius 1 is 1.31 bits per heavy atom. The van der Waals surface area contributed by atoms with Crippen molar-refractivity contribution < 1.29 is 13.9 Å². The minimum Gasteiger partial charge on any atom is -0.497 e. The van der Waals surface area contributed by atoms with E-state index in [4.69, 9.17) is 17.0 Å². The van der Waals surface area contributed by atoms with Crippen molar-refractivity contribution in [3.05, 3.63) is 58.6 Å². The van der Waals surface area contributed by atoms with E-state index in [1.807, 2.05) is 19.1 Å². The van der Waals surface area contributed by atoms with Gasteiger partial charge in [-0.1, -0.05) is 6.07 Å². The Bertz CT molecular complexity index is 995. The van der Waals surface area contributed by atoms with E-state index in [1.165, 1.54) is 6.07 Å². The van der Waals surface area contributed by atoms with Gasteiger partial charge in [0, 0.05) is 5.56 Å². The standard InChI is InChI=1S/C18H17FN4O2S/c1-11-3-8-14(19)15(9-11)20-16(24)10-23-17(21-22-18(23)26)12-4-6-13(25-2)7-5-12/h3-9H,10H2,1-2H3,(H,20,24)(H,22,26). The number of aromatic amines is 1. The summed E-state index contributed by atoms with van der Waals surface area (Å²) in [5.41, 5.74) is 1.75. The predicted molar refractivity (Wildman–Crippen MR) is 99.2 cm³/mol. The highest BCUT2D eigenvalue weighted by Crippen LogP contribution is 2.21. The third-order valence-electron chi connectivity index (χ3n) is 3.80. The average molecular weight is 372 g/mol. The minimum absolute atomic E-state index is 0.0932. The van der Waals surface area contributed by atoms with Gasteiger partial charge >= 0.3 is 0 Å². The molecule has 0 atom stereocenters. The monoisotopic (exact) mass is 372 g/mol. The number of hydrogen-bond acceptors (Lipinski definition) is 4. The second-order valence-corrected chi connectivity index (χ2v) is 6.09. The summed E-state index contributed by atoms with van der Waals surface area (Å²) in [6.07, 6.45) is 0. The summed E-state index contributed by atoms with van der Waals surface area (Å²) in [6, 6.07) is 11.7. The van der Waals surface area contributed by atoms with Gasteiger partial charge in [0.1, 0.15) is 18.1 Å². The summed E-state index contributed by atoms with van der Waals surface area (Å²) in [5.74, 6) is 0.330. The van der Waals surface area contributed by atoms with E-state index in [0.717, 1.165) is 11.1 Å². The first-order valence-corrected chi connectivity index (χ1v) is 8.24. The molecule has 0 fully saturated rings. The molecule has 0 aliphatic carbocycles. The Kier molecular flexibility index (Phi) is 5.13. The van der Waals surface area contributed by atoms with Crippen molar-refractivity contribution in [1.82, 2.24) is 14.8 Å². The Labute approximate surface area is 154 Å². The number of benzene rings is 2. The first-order chi connectivity index (χ1) is 12.5. The van der Waals surface area contributed by atoms with Gasteiger partial charge in [-0.25, -0.2) is 4.39 Å². The van der Waals surface area contributed by atoms with Crippen molar-refractivity contribution in [3.8, 4) is 17.1 Å². The molecule has 2 N–H and O–H groups in total. The van der Waals surface area contributed by atoms with Crippen LogP contribution < -0.4 is 10.1 Å². The van der Waals surface area contributed by atoms with Gasteiger partial charge in [0.15, 0.2) is 10.6 Å². The molecular formula is C18H17FN4O2S. The molecule has 0 radical (unpaired) electrons. The maximum atomic E-state index is 13.8. The van der Waals surface area contributed by atoms with Gasteiger partial charge in [0.2, 0.25) is 5.91 Å². The number of nitrogens with one attached hydrogen (secondary N) is 2. The molecule has 134 valence electrons. The number of amides is 1. The van der Waals surface area contributed by atoms with Crippen LogP contribution in [0.5, 0.6) is 5.75 Å². The van der Waals surface area contributed by atoms with Crippen LogP contribution in [0.3, 0.4) is 0 Å². The van der Waals surface area contributed by atoms with Crippen LogP contribution in [0.4, 0.5) is 10.1 Å². The van der Waals surface area contributed by atoms with Crippen LogP contribution in [0.25, 0.3) is 11.4 Å². The highest BCUT2D eigenvalue weighted by molar-refractivity contribution is 7.71. The molecule has 0 spiro atoms. The predicted octanol–water partition coefficient (Wildman–Crippen LogP) is 3.70. The number of methoxy groups -OCH3 is 1. The molecule has 26 heavy (non-hydrogen) atoms. The van der Waals surface area contributed by atoms with Crippen LogP contribution >= 0.6 is 12.2 Å². The molecule has 0 aliphatic heterocycles. The van der Waals surface area contributed by atoms with Crippen molar-refractivity contribution in [2.24, 2.45) is 0 Å². The summed E-state index contributed by atoms with van der Waals surface area (Å²) in [5, 5.41) is 9.44. The number of anilines is 1. The molecule has 3 rings (SSSR count). The molecule has 8 heteroatoms. The topological polar surface area (TPSA) is 71.9 Å². The zero-order chi connectivity index (χ0) is 18.7. The molecule has 0 aliphatic rings. The molecule has 3 aromatic rings. The number of H-pyrrole nitrogens is 1. The van der Waals surface area contributed by atoms with Gasteiger partial charge in [-0.15, -0.1) is 0 Å². The molecule has 1 amide bonds. The number of nitrogens with zero attached hydrogens (tertiary/aromatic N) is 2. The van der Waals surface area contributed by atoms with Crippen LogP contribution in [0, 0.1) is 17.5 Å². The molecule has 1 heterocycles. The summed E-state index contributed by atoms with van der Waals surface area (Å²) in [4.78, 5) is 12.4. The van der Waals surface area contributed by atoms with E-state index < -0.39 is 11.7 Å². The van der Waals surface area contributed by atoms with Gasteiger partial charge in [0.05, 0.1) is 12.8 Å². The third kappa shape index (κ3) is 3.80. The number of carbonyl (C=O) groups is 1. The quantitative estimate of drug-likeness (QED) is 0.670. The van der Waals surface area contributed by atoms with Gasteiger partial charge in [-0.3, -0.25) is 14.5 Å². The average Bonchev–Trinajstić information content (AvgIpc) is 2.99. The molecule has 2 aromatic carbocycles. The van der Waals surface area contributed by atoms with Crippen LogP contribution in [0.15, 0.2) is 42.5 Å². The zero-order valence-electron chi connectivity index (χ0n) is 14.2. The first kappa shape index (κ1) is 17.8. The Morgan fingerprint density at radius 2 is 2.04 bits per heavy atom. The van der Waals surface area contributed by atoms with Crippen LogP contribution in [-0.4, -0.2) is 27.8 Å². The zero-order valence-corrected chi connectivity index (χ0v) is 15.1. The van der Waals surface area contributed by atoms with Crippen molar-refractivity contribution in [1.29, 1.82) is 0 Å². The fraction of sp³-hybridized carbons (Fsp3) is 0.167. The van der Waals surface area contributed by atoms with E-state index in [-0.39, 0.29) is 12.2 Å². The van der Waals surface area contributed by atoms with Gasteiger partial charge in [-0.2, -0.15) is 5.10 Å². The van der Waals surface area contributed by atoms with Gasteiger partial charge in [-0.05, 0) is 61.1 Å². The molecule has 1 aromatic heterocycles. The van der Waals surface area contributed by atoms with E-state index >= 15 is 0 Å². The third-order valence-corrected chi connectivity index (χ3v) is 4.12. The second kappa shape index (κ2) is 7.49. The number of aromatic nitrogens is 3.